The summed E-state index contributed by atoms with van der Waals surface area (Å²) in [4.78, 5) is 33.9. The van der Waals surface area contributed by atoms with Crippen molar-refractivity contribution in [1.82, 2.24) is 0 Å². The van der Waals surface area contributed by atoms with Gasteiger partial charge in [0.05, 0.1) is 0 Å². The molecule has 5 nitrogen and oxygen atoms in total. The van der Waals surface area contributed by atoms with Crippen LogP contribution in [0, 0.1) is 11.8 Å². The highest BCUT2D eigenvalue weighted by molar-refractivity contribution is 6.37. The molecular formula is C12H16O5. The fraction of sp³-hybridized carbons (Fsp3) is 0.750. The zero-order valence-electron chi connectivity index (χ0n) is 9.52. The molecular weight excluding hydrogens is 224 g/mol. The molecule has 2 saturated carbocycles. The smallest absolute Gasteiger partial charge is 0.223 e. The standard InChI is InChI=1S/C12H16O5/c13-9-2-1-7(5-10(9)14)8-3-4-12(16,17)11(15)6-8/h7-8,16-17H,1-6H2. The van der Waals surface area contributed by atoms with Gasteiger partial charge >= 0.3 is 0 Å². The van der Waals surface area contributed by atoms with Crippen molar-refractivity contribution in [3.05, 3.63) is 0 Å². The van der Waals surface area contributed by atoms with Crippen molar-refractivity contribution in [1.29, 1.82) is 0 Å². The van der Waals surface area contributed by atoms with Gasteiger partial charge in [-0.1, -0.05) is 0 Å². The van der Waals surface area contributed by atoms with Gasteiger partial charge in [-0.3, -0.25) is 14.4 Å². The second kappa shape index (κ2) is 4.31. The summed E-state index contributed by atoms with van der Waals surface area (Å²) in [7, 11) is 0. The van der Waals surface area contributed by atoms with E-state index in [-0.39, 0.29) is 49.1 Å². The first-order valence-corrected chi connectivity index (χ1v) is 5.94. The van der Waals surface area contributed by atoms with Gasteiger partial charge < -0.3 is 10.2 Å². The molecule has 2 atom stereocenters. The highest BCUT2D eigenvalue weighted by Gasteiger charge is 2.43. The Morgan fingerprint density at radius 3 is 2.18 bits per heavy atom. The Balaban J connectivity index is 1.99. The zero-order valence-corrected chi connectivity index (χ0v) is 9.52. The molecule has 0 aliphatic heterocycles. The monoisotopic (exact) mass is 240 g/mol. The van der Waals surface area contributed by atoms with Gasteiger partial charge in [0.2, 0.25) is 5.79 Å². The van der Waals surface area contributed by atoms with Crippen molar-refractivity contribution in [3.63, 3.8) is 0 Å². The minimum Gasteiger partial charge on any atom is -0.360 e. The molecule has 5 heteroatoms. The minimum absolute atomic E-state index is 0.00646. The van der Waals surface area contributed by atoms with Crippen LogP contribution in [0.1, 0.15) is 38.5 Å². The molecule has 0 aromatic heterocycles. The Labute approximate surface area is 98.8 Å². The van der Waals surface area contributed by atoms with E-state index in [1.165, 1.54) is 0 Å². The molecule has 0 spiro atoms. The number of carbonyl (C=O) groups is 3. The summed E-state index contributed by atoms with van der Waals surface area (Å²) in [6.07, 6.45) is 1.74. The van der Waals surface area contributed by atoms with Gasteiger partial charge in [-0.2, -0.15) is 0 Å². The van der Waals surface area contributed by atoms with Crippen LogP contribution in [0.25, 0.3) is 0 Å². The molecule has 0 radical (unpaired) electrons. The summed E-state index contributed by atoms with van der Waals surface area (Å²) < 4.78 is 0. The normalized spacial score (nSPS) is 33.9. The third-order valence-electron chi connectivity index (χ3n) is 3.93. The lowest BCUT2D eigenvalue weighted by atomic mass is 9.71. The molecule has 2 rings (SSSR count). The summed E-state index contributed by atoms with van der Waals surface area (Å²) >= 11 is 0. The van der Waals surface area contributed by atoms with Gasteiger partial charge in [0.1, 0.15) is 0 Å². The largest absolute Gasteiger partial charge is 0.360 e. The van der Waals surface area contributed by atoms with Crippen LogP contribution in [0.4, 0.5) is 0 Å². The van der Waals surface area contributed by atoms with E-state index >= 15 is 0 Å². The lowest BCUT2D eigenvalue weighted by Gasteiger charge is -2.35. The van der Waals surface area contributed by atoms with Crippen molar-refractivity contribution in [2.24, 2.45) is 11.8 Å². The van der Waals surface area contributed by atoms with E-state index in [4.69, 9.17) is 0 Å². The summed E-state index contributed by atoms with van der Waals surface area (Å²) in [6.45, 7) is 0. The summed E-state index contributed by atoms with van der Waals surface area (Å²) in [5.41, 5.74) is 0. The number of carbonyl (C=O) groups excluding carboxylic acids is 3. The van der Waals surface area contributed by atoms with Crippen molar-refractivity contribution < 1.29 is 24.6 Å². The number of hydrogen-bond acceptors (Lipinski definition) is 5. The Morgan fingerprint density at radius 1 is 0.941 bits per heavy atom. The lowest BCUT2D eigenvalue weighted by Crippen LogP contribution is -2.45. The van der Waals surface area contributed by atoms with E-state index in [0.29, 0.717) is 12.8 Å². The van der Waals surface area contributed by atoms with Gasteiger partial charge in [-0.15, -0.1) is 0 Å². The van der Waals surface area contributed by atoms with Crippen LogP contribution in [-0.4, -0.2) is 33.3 Å². The first-order valence-electron chi connectivity index (χ1n) is 5.94. The molecule has 2 unspecified atom stereocenters. The predicted octanol–water partition coefficient (Wildman–Crippen LogP) is -0.0252. The van der Waals surface area contributed by atoms with Crippen LogP contribution >= 0.6 is 0 Å². The Bertz CT molecular complexity index is 371. The Hall–Kier alpha value is -1.07. The van der Waals surface area contributed by atoms with Gasteiger partial charge in [0.15, 0.2) is 17.3 Å². The van der Waals surface area contributed by atoms with Gasteiger partial charge in [-0.25, -0.2) is 0 Å². The van der Waals surface area contributed by atoms with Crippen LogP contribution in [-0.2, 0) is 14.4 Å². The zero-order chi connectivity index (χ0) is 12.6. The third kappa shape index (κ3) is 2.45. The topological polar surface area (TPSA) is 91.7 Å². The van der Waals surface area contributed by atoms with Gasteiger partial charge in [-0.05, 0) is 24.7 Å². The molecule has 2 aliphatic carbocycles. The van der Waals surface area contributed by atoms with Crippen LogP contribution < -0.4 is 0 Å². The van der Waals surface area contributed by atoms with Gasteiger partial charge in [0.25, 0.3) is 0 Å². The number of ketones is 3. The first-order chi connectivity index (χ1) is 7.90. The summed E-state index contributed by atoms with van der Waals surface area (Å²) in [5.74, 6) is -3.38. The Kier molecular flexibility index (Phi) is 3.14. The molecule has 0 bridgehead atoms. The van der Waals surface area contributed by atoms with Crippen molar-refractivity contribution in [2.45, 2.75) is 44.3 Å². The average molecular weight is 240 g/mol. The van der Waals surface area contributed by atoms with Crippen LogP contribution in [0.5, 0.6) is 0 Å². The maximum absolute atomic E-state index is 11.5. The highest BCUT2D eigenvalue weighted by Crippen LogP contribution is 2.37. The van der Waals surface area contributed by atoms with E-state index in [2.05, 4.69) is 0 Å². The molecule has 2 N–H and O–H groups in total. The molecule has 94 valence electrons. The van der Waals surface area contributed by atoms with E-state index in [1.807, 2.05) is 0 Å². The van der Waals surface area contributed by atoms with Crippen LogP contribution in [0.15, 0.2) is 0 Å². The minimum atomic E-state index is -2.19. The number of hydrogen-bond donors (Lipinski definition) is 2. The molecule has 0 saturated heterocycles. The van der Waals surface area contributed by atoms with E-state index in [9.17, 15) is 24.6 Å². The molecule has 17 heavy (non-hydrogen) atoms. The fourth-order valence-corrected chi connectivity index (χ4v) is 2.74. The summed E-state index contributed by atoms with van der Waals surface area (Å²) in [6, 6.07) is 0. The second-order valence-corrected chi connectivity index (χ2v) is 5.09. The lowest BCUT2D eigenvalue weighted by molar-refractivity contribution is -0.194. The van der Waals surface area contributed by atoms with Gasteiger partial charge in [0, 0.05) is 25.7 Å². The SMILES string of the molecule is O=C1CCC(C2CCC(O)(O)C(=O)C2)CC1=O. The van der Waals surface area contributed by atoms with E-state index in [0.717, 1.165) is 0 Å². The molecule has 2 fully saturated rings. The molecule has 0 heterocycles. The van der Waals surface area contributed by atoms with E-state index in [1.54, 1.807) is 0 Å². The molecule has 2 aliphatic rings. The Morgan fingerprint density at radius 2 is 1.59 bits per heavy atom. The third-order valence-corrected chi connectivity index (χ3v) is 3.93. The maximum Gasteiger partial charge on any atom is 0.223 e. The van der Waals surface area contributed by atoms with Crippen LogP contribution in [0.3, 0.4) is 0 Å². The molecule has 0 aromatic rings. The van der Waals surface area contributed by atoms with Crippen LogP contribution in [0.2, 0.25) is 0 Å². The highest BCUT2D eigenvalue weighted by atomic mass is 16.5. The average Bonchev–Trinajstić information content (AvgIpc) is 2.26. The van der Waals surface area contributed by atoms with Crippen molar-refractivity contribution >= 4 is 17.3 Å². The maximum atomic E-state index is 11.5. The molecule has 0 amide bonds. The number of aliphatic hydroxyl groups is 2. The summed E-state index contributed by atoms with van der Waals surface area (Å²) in [5, 5.41) is 18.7. The quantitative estimate of drug-likeness (QED) is 0.496. The number of rotatable bonds is 1. The van der Waals surface area contributed by atoms with E-state index < -0.39 is 11.6 Å². The van der Waals surface area contributed by atoms with Crippen molar-refractivity contribution in [2.75, 3.05) is 0 Å². The fourth-order valence-electron chi connectivity index (χ4n) is 2.74. The number of Topliss-reactive ketones (excluding diaryl/α,β-unsaturated/α-hetero) is 3. The van der Waals surface area contributed by atoms with Crippen molar-refractivity contribution in [3.8, 4) is 0 Å². The first kappa shape index (κ1) is 12.4. The second-order valence-electron chi connectivity index (χ2n) is 5.09. The predicted molar refractivity (Wildman–Crippen MR) is 56.9 cm³/mol. The molecule has 0 aromatic carbocycles.